The molecule has 0 unspecified atom stereocenters. The van der Waals surface area contributed by atoms with Crippen LogP contribution in [0.2, 0.25) is 0 Å². The lowest BCUT2D eigenvalue weighted by Gasteiger charge is -2.12. The minimum absolute atomic E-state index is 0.0189. The van der Waals surface area contributed by atoms with Crippen molar-refractivity contribution in [1.82, 2.24) is 0 Å². The first-order valence-electron chi connectivity index (χ1n) is 6.89. The molecule has 1 heterocycles. The number of benzene rings is 1. The molecule has 2 aromatic rings. The quantitative estimate of drug-likeness (QED) is 0.841. The number of amides is 1. The largest absolute Gasteiger partial charge is 0.494 e. The third-order valence-electron chi connectivity index (χ3n) is 3.31. The lowest BCUT2D eigenvalue weighted by molar-refractivity contribution is -0.136. The summed E-state index contributed by atoms with van der Waals surface area (Å²) in [7, 11) is 2.67. The SMILES string of the molecule is COc1cc(OC)c(NC(=O)c2c(C)coc2CC(=O)O)cc1F. The summed E-state index contributed by atoms with van der Waals surface area (Å²) < 4.78 is 28.9. The number of hydrogen-bond donors (Lipinski definition) is 2. The maximum absolute atomic E-state index is 13.9. The van der Waals surface area contributed by atoms with Gasteiger partial charge in [0.2, 0.25) is 0 Å². The maximum Gasteiger partial charge on any atom is 0.311 e. The molecule has 0 saturated heterocycles. The second-order valence-corrected chi connectivity index (χ2v) is 4.93. The highest BCUT2D eigenvalue weighted by molar-refractivity contribution is 6.07. The number of aryl methyl sites for hydroxylation is 1. The van der Waals surface area contributed by atoms with E-state index in [1.807, 2.05) is 0 Å². The summed E-state index contributed by atoms with van der Waals surface area (Å²) >= 11 is 0. The maximum atomic E-state index is 13.9. The van der Waals surface area contributed by atoms with E-state index in [-0.39, 0.29) is 28.5 Å². The summed E-state index contributed by atoms with van der Waals surface area (Å²) in [5, 5.41) is 11.4. The Morgan fingerprint density at radius 3 is 2.50 bits per heavy atom. The summed E-state index contributed by atoms with van der Waals surface area (Å²) in [6, 6.07) is 2.35. The Hall–Kier alpha value is -3.03. The van der Waals surface area contributed by atoms with E-state index in [1.54, 1.807) is 6.92 Å². The molecule has 0 atom stereocenters. The van der Waals surface area contributed by atoms with Gasteiger partial charge < -0.3 is 24.3 Å². The molecule has 7 nitrogen and oxygen atoms in total. The molecule has 1 aromatic heterocycles. The van der Waals surface area contributed by atoms with Crippen molar-refractivity contribution < 1.29 is 33.0 Å². The summed E-state index contributed by atoms with van der Waals surface area (Å²) in [6.45, 7) is 1.61. The van der Waals surface area contributed by atoms with Gasteiger partial charge in [-0.3, -0.25) is 9.59 Å². The molecule has 0 aliphatic heterocycles. The summed E-state index contributed by atoms with van der Waals surface area (Å²) in [5.74, 6) is -2.25. The number of aliphatic carboxylic acids is 1. The molecule has 24 heavy (non-hydrogen) atoms. The normalized spacial score (nSPS) is 10.3. The van der Waals surface area contributed by atoms with Gasteiger partial charge in [0.25, 0.3) is 5.91 Å². The van der Waals surface area contributed by atoms with Crippen molar-refractivity contribution in [2.45, 2.75) is 13.3 Å². The molecule has 0 aliphatic carbocycles. The molecule has 1 aromatic carbocycles. The van der Waals surface area contributed by atoms with E-state index in [0.717, 1.165) is 6.07 Å². The fourth-order valence-electron chi connectivity index (χ4n) is 2.21. The van der Waals surface area contributed by atoms with Gasteiger partial charge in [0.1, 0.15) is 17.9 Å². The molecule has 0 spiro atoms. The zero-order chi connectivity index (χ0) is 17.9. The van der Waals surface area contributed by atoms with E-state index in [2.05, 4.69) is 5.32 Å². The molecule has 0 bridgehead atoms. The molecular formula is C16H16FNO6. The number of rotatable bonds is 6. The van der Waals surface area contributed by atoms with E-state index < -0.39 is 24.1 Å². The summed E-state index contributed by atoms with van der Waals surface area (Å²) in [5.41, 5.74) is 0.648. The van der Waals surface area contributed by atoms with Crippen LogP contribution in [0, 0.1) is 12.7 Å². The molecule has 8 heteroatoms. The number of anilines is 1. The highest BCUT2D eigenvalue weighted by atomic mass is 19.1. The van der Waals surface area contributed by atoms with Crippen LogP contribution in [0.1, 0.15) is 21.7 Å². The van der Waals surface area contributed by atoms with Crippen molar-refractivity contribution in [3.63, 3.8) is 0 Å². The van der Waals surface area contributed by atoms with Crippen molar-refractivity contribution in [3.8, 4) is 11.5 Å². The van der Waals surface area contributed by atoms with E-state index >= 15 is 0 Å². The highest BCUT2D eigenvalue weighted by Gasteiger charge is 2.22. The Balaban J connectivity index is 2.35. The fourth-order valence-corrected chi connectivity index (χ4v) is 2.21. The van der Waals surface area contributed by atoms with Gasteiger partial charge in [-0.2, -0.15) is 0 Å². The van der Waals surface area contributed by atoms with Crippen molar-refractivity contribution in [2.75, 3.05) is 19.5 Å². The third-order valence-corrected chi connectivity index (χ3v) is 3.31. The van der Waals surface area contributed by atoms with Crippen LogP contribution in [-0.4, -0.2) is 31.2 Å². The molecular weight excluding hydrogens is 321 g/mol. The van der Waals surface area contributed by atoms with E-state index in [4.69, 9.17) is 19.0 Å². The Labute approximate surface area is 137 Å². The minimum Gasteiger partial charge on any atom is -0.494 e. The predicted molar refractivity (Wildman–Crippen MR) is 82.2 cm³/mol. The predicted octanol–water partition coefficient (Wildman–Crippen LogP) is 2.62. The zero-order valence-electron chi connectivity index (χ0n) is 13.3. The number of carbonyl (C=O) groups is 2. The summed E-state index contributed by atoms with van der Waals surface area (Å²) in [4.78, 5) is 23.3. The van der Waals surface area contributed by atoms with Crippen molar-refractivity contribution in [2.24, 2.45) is 0 Å². The smallest absolute Gasteiger partial charge is 0.311 e. The van der Waals surface area contributed by atoms with Gasteiger partial charge in [-0.05, 0) is 6.92 Å². The lowest BCUT2D eigenvalue weighted by atomic mass is 10.1. The first kappa shape index (κ1) is 17.3. The van der Waals surface area contributed by atoms with Crippen molar-refractivity contribution in [3.05, 3.63) is 41.1 Å². The van der Waals surface area contributed by atoms with Gasteiger partial charge in [0, 0.05) is 17.7 Å². The van der Waals surface area contributed by atoms with Crippen LogP contribution in [0.5, 0.6) is 11.5 Å². The first-order chi connectivity index (χ1) is 11.4. The van der Waals surface area contributed by atoms with Gasteiger partial charge in [0.05, 0.1) is 31.7 Å². The minimum atomic E-state index is -1.13. The molecule has 2 N–H and O–H groups in total. The highest BCUT2D eigenvalue weighted by Crippen LogP contribution is 2.32. The molecule has 128 valence electrons. The number of ether oxygens (including phenoxy) is 2. The second-order valence-electron chi connectivity index (χ2n) is 4.93. The van der Waals surface area contributed by atoms with Crippen LogP contribution >= 0.6 is 0 Å². The van der Waals surface area contributed by atoms with Gasteiger partial charge in [0.15, 0.2) is 11.6 Å². The first-order valence-corrected chi connectivity index (χ1v) is 6.89. The molecule has 0 aliphatic rings. The fraction of sp³-hybridized carbons (Fsp3) is 0.250. The van der Waals surface area contributed by atoms with E-state index in [9.17, 15) is 14.0 Å². The van der Waals surface area contributed by atoms with E-state index in [1.165, 1.54) is 26.5 Å². The number of carboxylic acid groups (broad SMARTS) is 1. The van der Waals surface area contributed by atoms with Gasteiger partial charge in [-0.25, -0.2) is 4.39 Å². The number of carboxylic acids is 1. The van der Waals surface area contributed by atoms with Crippen LogP contribution in [0.15, 0.2) is 22.8 Å². The molecule has 2 rings (SSSR count). The Kier molecular flexibility index (Phi) is 5.08. The van der Waals surface area contributed by atoms with E-state index in [0.29, 0.717) is 5.56 Å². The van der Waals surface area contributed by atoms with Crippen LogP contribution < -0.4 is 14.8 Å². The zero-order valence-corrected chi connectivity index (χ0v) is 13.3. The van der Waals surface area contributed by atoms with Crippen LogP contribution in [0.3, 0.4) is 0 Å². The van der Waals surface area contributed by atoms with Crippen molar-refractivity contribution in [1.29, 1.82) is 0 Å². The third kappa shape index (κ3) is 3.48. The Morgan fingerprint density at radius 1 is 1.25 bits per heavy atom. The van der Waals surface area contributed by atoms with Gasteiger partial charge in [-0.1, -0.05) is 0 Å². The number of hydrogen-bond acceptors (Lipinski definition) is 5. The number of carbonyl (C=O) groups excluding carboxylic acids is 1. The standard InChI is InChI=1S/C16H16FNO6/c1-8-7-24-13(6-14(19)20)15(8)16(21)18-10-4-9(17)11(22-2)5-12(10)23-3/h4-5,7H,6H2,1-3H3,(H,18,21)(H,19,20). The number of methoxy groups -OCH3 is 2. The van der Waals surface area contributed by atoms with Gasteiger partial charge in [-0.15, -0.1) is 0 Å². The number of nitrogens with one attached hydrogen (secondary N) is 1. The average Bonchev–Trinajstić information content (AvgIpc) is 2.87. The molecule has 1 amide bonds. The van der Waals surface area contributed by atoms with Crippen LogP contribution in [0.25, 0.3) is 0 Å². The molecule has 0 radical (unpaired) electrons. The number of furan rings is 1. The van der Waals surface area contributed by atoms with Crippen LogP contribution in [-0.2, 0) is 11.2 Å². The second kappa shape index (κ2) is 7.03. The molecule has 0 fully saturated rings. The average molecular weight is 337 g/mol. The monoisotopic (exact) mass is 337 g/mol. The van der Waals surface area contributed by atoms with Crippen LogP contribution in [0.4, 0.5) is 10.1 Å². The molecule has 0 saturated carbocycles. The summed E-state index contributed by atoms with van der Waals surface area (Å²) in [6.07, 6.45) is 0.851. The lowest BCUT2D eigenvalue weighted by Crippen LogP contribution is -2.16. The van der Waals surface area contributed by atoms with Gasteiger partial charge >= 0.3 is 5.97 Å². The number of halogens is 1. The van der Waals surface area contributed by atoms with Crippen molar-refractivity contribution >= 4 is 17.6 Å². The topological polar surface area (TPSA) is 98.0 Å². The Morgan fingerprint density at radius 2 is 1.92 bits per heavy atom. The Bertz CT molecular complexity index is 783.